The van der Waals surface area contributed by atoms with E-state index in [0.717, 1.165) is 17.2 Å². The van der Waals surface area contributed by atoms with Crippen LogP contribution in [0, 0.1) is 5.41 Å². The molecule has 2 aliphatic rings. The highest BCUT2D eigenvalue weighted by molar-refractivity contribution is 5.46. The van der Waals surface area contributed by atoms with Crippen LogP contribution in [0.25, 0.3) is 0 Å². The summed E-state index contributed by atoms with van der Waals surface area (Å²) >= 11 is 0. The maximum absolute atomic E-state index is 5.97. The Morgan fingerprint density at radius 1 is 1.11 bits per heavy atom. The van der Waals surface area contributed by atoms with Gasteiger partial charge < -0.3 is 19.9 Å². The molecule has 0 atom stereocenters. The van der Waals surface area contributed by atoms with E-state index < -0.39 is 0 Å². The highest BCUT2D eigenvalue weighted by Crippen LogP contribution is 2.38. The van der Waals surface area contributed by atoms with Crippen LogP contribution in [0.2, 0.25) is 0 Å². The molecular formula is C15H21NO3. The normalized spacial score (nSPS) is 20.3. The molecule has 0 spiro atoms. The Balaban J connectivity index is 1.65. The van der Waals surface area contributed by atoms with E-state index in [0.29, 0.717) is 19.9 Å². The van der Waals surface area contributed by atoms with Crippen LogP contribution in [0.4, 0.5) is 0 Å². The predicted octanol–water partition coefficient (Wildman–Crippen LogP) is 2.70. The number of benzene rings is 1. The van der Waals surface area contributed by atoms with E-state index >= 15 is 0 Å². The van der Waals surface area contributed by atoms with Gasteiger partial charge in [0.05, 0.1) is 6.61 Å². The fourth-order valence-corrected chi connectivity index (χ4v) is 2.91. The van der Waals surface area contributed by atoms with Gasteiger partial charge in [-0.15, -0.1) is 0 Å². The molecule has 1 heterocycles. The smallest absolute Gasteiger partial charge is 0.231 e. The molecule has 1 fully saturated rings. The van der Waals surface area contributed by atoms with Gasteiger partial charge in [0.2, 0.25) is 6.79 Å². The second kappa shape index (κ2) is 5.29. The zero-order chi connectivity index (χ0) is 13.1. The first-order chi connectivity index (χ1) is 9.31. The summed E-state index contributed by atoms with van der Waals surface area (Å²) in [6, 6.07) is 5.73. The van der Waals surface area contributed by atoms with E-state index in [2.05, 4.69) is 0 Å². The van der Waals surface area contributed by atoms with E-state index in [1.54, 1.807) is 0 Å². The maximum atomic E-state index is 5.97. The third kappa shape index (κ3) is 2.63. The Morgan fingerprint density at radius 3 is 2.68 bits per heavy atom. The zero-order valence-corrected chi connectivity index (χ0v) is 11.2. The Hall–Kier alpha value is -1.42. The molecule has 2 N–H and O–H groups in total. The van der Waals surface area contributed by atoms with Crippen molar-refractivity contribution in [1.29, 1.82) is 0 Å². The van der Waals surface area contributed by atoms with E-state index in [1.807, 2.05) is 18.2 Å². The van der Waals surface area contributed by atoms with Gasteiger partial charge in [0, 0.05) is 18.0 Å². The molecule has 19 heavy (non-hydrogen) atoms. The average molecular weight is 263 g/mol. The molecule has 1 aliphatic heterocycles. The largest absolute Gasteiger partial charge is 0.493 e. The molecule has 1 aliphatic carbocycles. The molecular weight excluding hydrogens is 242 g/mol. The van der Waals surface area contributed by atoms with Gasteiger partial charge in [-0.1, -0.05) is 19.3 Å². The Kier molecular flexibility index (Phi) is 3.51. The van der Waals surface area contributed by atoms with Crippen LogP contribution >= 0.6 is 0 Å². The molecule has 0 amide bonds. The molecule has 1 saturated carbocycles. The van der Waals surface area contributed by atoms with E-state index in [4.69, 9.17) is 19.9 Å². The van der Waals surface area contributed by atoms with Gasteiger partial charge >= 0.3 is 0 Å². The number of fused-ring (bicyclic) bond motifs is 1. The van der Waals surface area contributed by atoms with Gasteiger partial charge in [-0.2, -0.15) is 0 Å². The Morgan fingerprint density at radius 2 is 1.89 bits per heavy atom. The molecule has 0 radical (unpaired) electrons. The Bertz CT molecular complexity index is 441. The lowest BCUT2D eigenvalue weighted by molar-refractivity contribution is 0.105. The lowest BCUT2D eigenvalue weighted by Crippen LogP contribution is -2.38. The molecule has 104 valence electrons. The monoisotopic (exact) mass is 263 g/mol. The summed E-state index contributed by atoms with van der Waals surface area (Å²) in [5.74, 6) is 2.39. The summed E-state index contributed by atoms with van der Waals surface area (Å²) in [4.78, 5) is 0. The van der Waals surface area contributed by atoms with Crippen LogP contribution in [0.5, 0.6) is 17.2 Å². The van der Waals surface area contributed by atoms with Crippen LogP contribution in [0.3, 0.4) is 0 Å². The van der Waals surface area contributed by atoms with Gasteiger partial charge in [-0.3, -0.25) is 0 Å². The highest BCUT2D eigenvalue weighted by atomic mass is 16.7. The number of hydrogen-bond donors (Lipinski definition) is 1. The minimum Gasteiger partial charge on any atom is -0.493 e. The van der Waals surface area contributed by atoms with Crippen molar-refractivity contribution < 1.29 is 14.2 Å². The highest BCUT2D eigenvalue weighted by Gasteiger charge is 2.31. The molecule has 1 aromatic rings. The maximum Gasteiger partial charge on any atom is 0.231 e. The minimum absolute atomic E-state index is 0.161. The summed E-state index contributed by atoms with van der Waals surface area (Å²) in [5, 5.41) is 0. The van der Waals surface area contributed by atoms with Gasteiger partial charge in [-0.25, -0.2) is 0 Å². The summed E-state index contributed by atoms with van der Waals surface area (Å²) in [6.45, 7) is 1.70. The van der Waals surface area contributed by atoms with Crippen molar-refractivity contribution in [1.82, 2.24) is 0 Å². The average Bonchev–Trinajstić information content (AvgIpc) is 2.93. The molecule has 1 aromatic carbocycles. The fourth-order valence-electron chi connectivity index (χ4n) is 2.91. The molecule has 4 nitrogen and oxygen atoms in total. The number of ether oxygens (including phenoxy) is 3. The first-order valence-electron chi connectivity index (χ1n) is 7.04. The van der Waals surface area contributed by atoms with Crippen molar-refractivity contribution in [3.05, 3.63) is 18.2 Å². The summed E-state index contributed by atoms with van der Waals surface area (Å²) in [7, 11) is 0. The SMILES string of the molecule is NCC1(COc2ccc3c(c2)OCO3)CCCCC1. The van der Waals surface area contributed by atoms with Crippen molar-refractivity contribution >= 4 is 0 Å². The van der Waals surface area contributed by atoms with Gasteiger partial charge in [0.1, 0.15) is 5.75 Å². The molecule has 3 rings (SSSR count). The molecule has 4 heteroatoms. The van der Waals surface area contributed by atoms with Crippen molar-refractivity contribution in [2.75, 3.05) is 19.9 Å². The summed E-state index contributed by atoms with van der Waals surface area (Å²) in [5.41, 5.74) is 6.13. The predicted molar refractivity (Wildman–Crippen MR) is 72.6 cm³/mol. The third-order valence-electron chi connectivity index (χ3n) is 4.24. The third-order valence-corrected chi connectivity index (χ3v) is 4.24. The standard InChI is InChI=1S/C15H21NO3/c16-9-15(6-2-1-3-7-15)10-17-12-4-5-13-14(8-12)19-11-18-13/h4-5,8H,1-3,6-7,9-11,16H2. The van der Waals surface area contributed by atoms with Crippen LogP contribution in [0.1, 0.15) is 32.1 Å². The van der Waals surface area contributed by atoms with Gasteiger partial charge in [0.25, 0.3) is 0 Å². The Labute approximate surface area is 113 Å². The summed E-state index contributed by atoms with van der Waals surface area (Å²) < 4.78 is 16.6. The second-order valence-corrected chi connectivity index (χ2v) is 5.57. The van der Waals surface area contributed by atoms with E-state index in [9.17, 15) is 0 Å². The van der Waals surface area contributed by atoms with Crippen molar-refractivity contribution in [3.8, 4) is 17.2 Å². The molecule has 0 aromatic heterocycles. The number of hydrogen-bond acceptors (Lipinski definition) is 4. The van der Waals surface area contributed by atoms with Crippen molar-refractivity contribution in [2.24, 2.45) is 11.1 Å². The molecule has 0 saturated heterocycles. The fraction of sp³-hybridized carbons (Fsp3) is 0.600. The zero-order valence-electron chi connectivity index (χ0n) is 11.2. The van der Waals surface area contributed by atoms with Crippen molar-refractivity contribution in [3.63, 3.8) is 0 Å². The van der Waals surface area contributed by atoms with E-state index in [-0.39, 0.29) is 5.41 Å². The molecule has 0 unspecified atom stereocenters. The number of rotatable bonds is 4. The topological polar surface area (TPSA) is 53.7 Å². The molecule has 0 bridgehead atoms. The van der Waals surface area contributed by atoms with E-state index in [1.165, 1.54) is 32.1 Å². The van der Waals surface area contributed by atoms with Gasteiger partial charge in [0.15, 0.2) is 11.5 Å². The first kappa shape index (κ1) is 12.6. The quantitative estimate of drug-likeness (QED) is 0.907. The summed E-state index contributed by atoms with van der Waals surface area (Å²) in [6.07, 6.45) is 6.21. The van der Waals surface area contributed by atoms with Crippen LogP contribution < -0.4 is 19.9 Å². The number of nitrogens with two attached hydrogens (primary N) is 1. The van der Waals surface area contributed by atoms with Crippen LogP contribution in [-0.4, -0.2) is 19.9 Å². The second-order valence-electron chi connectivity index (χ2n) is 5.57. The van der Waals surface area contributed by atoms with Crippen LogP contribution in [0.15, 0.2) is 18.2 Å². The van der Waals surface area contributed by atoms with Crippen molar-refractivity contribution in [2.45, 2.75) is 32.1 Å². The van der Waals surface area contributed by atoms with Gasteiger partial charge in [-0.05, 0) is 25.0 Å². The van der Waals surface area contributed by atoms with Crippen LogP contribution in [-0.2, 0) is 0 Å². The lowest BCUT2D eigenvalue weighted by atomic mass is 9.75. The lowest BCUT2D eigenvalue weighted by Gasteiger charge is -2.35. The minimum atomic E-state index is 0.161. The first-order valence-corrected chi connectivity index (χ1v) is 7.04.